The van der Waals surface area contributed by atoms with Crippen LogP contribution in [0.3, 0.4) is 0 Å². The zero-order chi connectivity index (χ0) is 22.0. The van der Waals surface area contributed by atoms with Crippen molar-refractivity contribution in [3.63, 3.8) is 0 Å². The van der Waals surface area contributed by atoms with Gasteiger partial charge in [0, 0.05) is 17.0 Å². The molecule has 5 aromatic rings. The second kappa shape index (κ2) is 8.57. The van der Waals surface area contributed by atoms with Crippen molar-refractivity contribution in [2.75, 3.05) is 0 Å². The van der Waals surface area contributed by atoms with Gasteiger partial charge in [0.15, 0.2) is 0 Å². The zero-order valence-electron chi connectivity index (χ0n) is 17.9. The molecule has 0 saturated heterocycles. The Kier molecular flexibility index (Phi) is 5.47. The van der Waals surface area contributed by atoms with Crippen LogP contribution in [0.5, 0.6) is 0 Å². The van der Waals surface area contributed by atoms with Crippen LogP contribution in [-0.4, -0.2) is 0 Å². The van der Waals surface area contributed by atoms with Gasteiger partial charge in [-0.15, -0.1) is 0 Å². The maximum absolute atomic E-state index is 12.5. The number of aryl methyl sites for hydroxylation is 1. The molecule has 32 heavy (non-hydrogen) atoms. The van der Waals surface area contributed by atoms with Crippen molar-refractivity contribution in [3.05, 3.63) is 137 Å². The largest absolute Gasteiger partial charge is 0.423 e. The summed E-state index contributed by atoms with van der Waals surface area (Å²) < 4.78 is 5.55. The van der Waals surface area contributed by atoms with Crippen molar-refractivity contribution < 1.29 is 4.42 Å². The average molecular weight is 435 g/mol. The van der Waals surface area contributed by atoms with E-state index in [4.69, 9.17) is 4.42 Å². The third-order valence-electron chi connectivity index (χ3n) is 5.98. The van der Waals surface area contributed by atoms with Crippen LogP contribution in [0.1, 0.15) is 11.1 Å². The van der Waals surface area contributed by atoms with Crippen LogP contribution in [-0.2, 0) is 6.16 Å². The predicted molar refractivity (Wildman–Crippen MR) is 136 cm³/mol. The first kappa shape index (κ1) is 20.4. The molecule has 0 aliphatic carbocycles. The predicted octanol–water partition coefficient (Wildman–Crippen LogP) is 5.60. The Hall–Kier alpha value is -3.48. The standard InChI is InChI=1S/C29H24O2P/c1-22-17-18-28-27(19-22)23(20-29(30)31-28)21-32(24-11-5-2-6-12-24,25-13-7-3-8-14-25)26-15-9-4-10-16-26/h2-20H,21H2,1H3/q+1. The van der Waals surface area contributed by atoms with Crippen molar-refractivity contribution in [1.29, 1.82) is 0 Å². The second-order valence-corrected chi connectivity index (χ2v) is 11.5. The number of rotatable bonds is 5. The maximum Gasteiger partial charge on any atom is 0.336 e. The minimum Gasteiger partial charge on any atom is -0.423 e. The highest BCUT2D eigenvalue weighted by Gasteiger charge is 2.45. The lowest BCUT2D eigenvalue weighted by atomic mass is 10.1. The molecule has 1 heterocycles. The lowest BCUT2D eigenvalue weighted by Gasteiger charge is -2.28. The molecule has 0 bridgehead atoms. The lowest BCUT2D eigenvalue weighted by molar-refractivity contribution is 0.559. The van der Waals surface area contributed by atoms with Gasteiger partial charge in [0.05, 0.1) is 6.16 Å². The summed E-state index contributed by atoms with van der Waals surface area (Å²) in [5.74, 6) is 0. The Morgan fingerprint density at radius 2 is 1.16 bits per heavy atom. The third-order valence-corrected chi connectivity index (χ3v) is 10.3. The minimum absolute atomic E-state index is 0.302. The van der Waals surface area contributed by atoms with Crippen LogP contribution in [0.4, 0.5) is 0 Å². The quantitative estimate of drug-likeness (QED) is 0.266. The molecule has 0 aliphatic rings. The monoisotopic (exact) mass is 435 g/mol. The summed E-state index contributed by atoms with van der Waals surface area (Å²) >= 11 is 0. The summed E-state index contributed by atoms with van der Waals surface area (Å²) in [6, 6.07) is 39.9. The van der Waals surface area contributed by atoms with E-state index in [0.29, 0.717) is 5.58 Å². The van der Waals surface area contributed by atoms with Crippen LogP contribution in [0.2, 0.25) is 0 Å². The van der Waals surface area contributed by atoms with Crippen LogP contribution in [0.15, 0.2) is 124 Å². The molecule has 0 unspecified atom stereocenters. The average Bonchev–Trinajstić information content (AvgIpc) is 2.84. The van der Waals surface area contributed by atoms with Gasteiger partial charge < -0.3 is 4.42 Å². The molecule has 3 heteroatoms. The van der Waals surface area contributed by atoms with Gasteiger partial charge in [-0.05, 0) is 55.5 Å². The first-order valence-electron chi connectivity index (χ1n) is 10.8. The van der Waals surface area contributed by atoms with Gasteiger partial charge in [-0.1, -0.05) is 66.2 Å². The molecule has 2 nitrogen and oxygen atoms in total. The topological polar surface area (TPSA) is 30.2 Å². The first-order valence-corrected chi connectivity index (χ1v) is 12.7. The minimum atomic E-state index is -2.10. The Morgan fingerprint density at radius 1 is 0.656 bits per heavy atom. The van der Waals surface area contributed by atoms with E-state index in [-0.39, 0.29) is 5.63 Å². The summed E-state index contributed by atoms with van der Waals surface area (Å²) in [7, 11) is -2.10. The van der Waals surface area contributed by atoms with Crippen LogP contribution in [0.25, 0.3) is 11.0 Å². The summed E-state index contributed by atoms with van der Waals surface area (Å²) in [5, 5.41) is 4.90. The molecule has 0 N–H and O–H groups in total. The van der Waals surface area contributed by atoms with Gasteiger partial charge in [-0.2, -0.15) is 0 Å². The van der Waals surface area contributed by atoms with Crippen molar-refractivity contribution in [3.8, 4) is 0 Å². The molecular formula is C29H24O2P+. The molecule has 4 aromatic carbocycles. The number of hydrogen-bond donors (Lipinski definition) is 0. The van der Waals surface area contributed by atoms with E-state index in [2.05, 4.69) is 104 Å². The van der Waals surface area contributed by atoms with Crippen molar-refractivity contribution in [2.45, 2.75) is 13.1 Å². The molecule has 0 saturated carbocycles. The highest BCUT2D eigenvalue weighted by Crippen LogP contribution is 2.58. The van der Waals surface area contributed by atoms with E-state index in [0.717, 1.165) is 22.7 Å². The van der Waals surface area contributed by atoms with Crippen LogP contribution in [0, 0.1) is 6.92 Å². The molecule has 0 fully saturated rings. The number of fused-ring (bicyclic) bond motifs is 1. The van der Waals surface area contributed by atoms with Crippen LogP contribution >= 0.6 is 7.26 Å². The molecule has 1 aromatic heterocycles. The molecule has 0 radical (unpaired) electrons. The Labute approximate surface area is 188 Å². The molecule has 0 amide bonds. The Balaban J connectivity index is 1.85. The fraction of sp³-hybridized carbons (Fsp3) is 0.0690. The van der Waals surface area contributed by atoms with E-state index in [1.54, 1.807) is 6.07 Å². The van der Waals surface area contributed by atoms with Gasteiger partial charge in [-0.25, -0.2) is 4.79 Å². The van der Waals surface area contributed by atoms with E-state index in [1.165, 1.54) is 15.9 Å². The number of hydrogen-bond acceptors (Lipinski definition) is 2. The summed E-state index contributed by atoms with van der Waals surface area (Å²) in [6.45, 7) is 2.07. The lowest BCUT2D eigenvalue weighted by Crippen LogP contribution is -2.32. The Morgan fingerprint density at radius 3 is 1.66 bits per heavy atom. The third kappa shape index (κ3) is 3.68. The van der Waals surface area contributed by atoms with E-state index >= 15 is 0 Å². The molecule has 0 spiro atoms. The van der Waals surface area contributed by atoms with Gasteiger partial charge >= 0.3 is 5.63 Å². The Bertz CT molecular complexity index is 1310. The smallest absolute Gasteiger partial charge is 0.336 e. The molecule has 0 atom stereocenters. The summed E-state index contributed by atoms with van der Waals surface area (Å²) in [4.78, 5) is 12.5. The molecular weight excluding hydrogens is 411 g/mol. The van der Waals surface area contributed by atoms with Gasteiger partial charge in [0.2, 0.25) is 0 Å². The first-order chi connectivity index (χ1) is 15.7. The normalized spacial score (nSPS) is 11.5. The molecule has 0 aliphatic heterocycles. The van der Waals surface area contributed by atoms with Gasteiger partial charge in [0.25, 0.3) is 0 Å². The summed E-state index contributed by atoms with van der Waals surface area (Å²) in [6.07, 6.45) is 0.747. The molecule has 156 valence electrons. The molecule has 5 rings (SSSR count). The fourth-order valence-electron chi connectivity index (χ4n) is 4.50. The fourth-order valence-corrected chi connectivity index (χ4v) is 8.75. The summed E-state index contributed by atoms with van der Waals surface area (Å²) in [5.41, 5.74) is 2.52. The van der Waals surface area contributed by atoms with Gasteiger partial charge in [-0.3, -0.25) is 0 Å². The van der Waals surface area contributed by atoms with Crippen molar-refractivity contribution in [1.82, 2.24) is 0 Å². The van der Waals surface area contributed by atoms with Crippen molar-refractivity contribution in [2.24, 2.45) is 0 Å². The van der Waals surface area contributed by atoms with E-state index in [9.17, 15) is 4.79 Å². The maximum atomic E-state index is 12.5. The SMILES string of the molecule is Cc1ccc2oc(=O)cc(C[P+](c3ccccc3)(c3ccccc3)c3ccccc3)c2c1. The highest BCUT2D eigenvalue weighted by molar-refractivity contribution is 7.95. The number of benzene rings is 4. The van der Waals surface area contributed by atoms with Gasteiger partial charge in [0.1, 0.15) is 28.8 Å². The van der Waals surface area contributed by atoms with E-state index < -0.39 is 7.26 Å². The van der Waals surface area contributed by atoms with Crippen LogP contribution < -0.4 is 21.5 Å². The van der Waals surface area contributed by atoms with Crippen molar-refractivity contribution >= 4 is 34.1 Å². The van der Waals surface area contributed by atoms with E-state index in [1.807, 2.05) is 12.1 Å². The zero-order valence-corrected chi connectivity index (χ0v) is 18.8. The highest BCUT2D eigenvalue weighted by atomic mass is 31.2. The second-order valence-electron chi connectivity index (χ2n) is 8.06.